The van der Waals surface area contributed by atoms with Crippen molar-refractivity contribution >= 4 is 38.6 Å². The number of morpholine rings is 1. The van der Waals surface area contributed by atoms with E-state index in [9.17, 15) is 18.0 Å². The molecule has 1 saturated heterocycles. The number of nitrogens with zero attached hydrogens (tertiary/aromatic N) is 5. The molecule has 2 aliphatic rings. The second kappa shape index (κ2) is 9.57. The molecule has 33 heavy (non-hydrogen) atoms. The van der Waals surface area contributed by atoms with Crippen LogP contribution in [0.2, 0.25) is 0 Å². The number of hydrogen-bond acceptors (Lipinski definition) is 8. The Balaban J connectivity index is 1.58. The number of hydrogen-bond donors (Lipinski definition) is 0. The van der Waals surface area contributed by atoms with Gasteiger partial charge in [0.1, 0.15) is 18.1 Å². The van der Waals surface area contributed by atoms with E-state index in [0.29, 0.717) is 44.2 Å². The zero-order valence-electron chi connectivity index (χ0n) is 18.7. The van der Waals surface area contributed by atoms with Crippen molar-refractivity contribution in [3.05, 3.63) is 24.0 Å². The highest BCUT2D eigenvalue weighted by Crippen LogP contribution is 2.24. The van der Waals surface area contributed by atoms with E-state index in [2.05, 4.69) is 10.1 Å². The van der Waals surface area contributed by atoms with Crippen molar-refractivity contribution in [3.63, 3.8) is 0 Å². The Bertz CT molecular complexity index is 1200. The number of carbonyl (C=O) groups is 2. The van der Waals surface area contributed by atoms with Crippen LogP contribution in [0.4, 0.5) is 0 Å². The van der Waals surface area contributed by atoms with Gasteiger partial charge < -0.3 is 14.0 Å². The molecule has 0 saturated carbocycles. The number of aryl methyl sites for hydroxylation is 1. The largest absolute Gasteiger partial charge is 0.453 e. The minimum Gasteiger partial charge on any atom is -0.453 e. The molecule has 178 valence electrons. The number of fused-ring (bicyclic) bond motifs is 1. The molecular formula is C21H27N5O6S. The Morgan fingerprint density at radius 3 is 2.67 bits per heavy atom. The number of aromatic nitrogens is 2. The van der Waals surface area contributed by atoms with E-state index in [-0.39, 0.29) is 36.0 Å². The van der Waals surface area contributed by atoms with Crippen molar-refractivity contribution in [2.75, 3.05) is 33.4 Å². The third-order valence-corrected chi connectivity index (χ3v) is 7.52. The summed E-state index contributed by atoms with van der Waals surface area (Å²) in [5, 5.41) is 5.12. The zero-order chi connectivity index (χ0) is 23.6. The van der Waals surface area contributed by atoms with E-state index in [1.54, 1.807) is 18.2 Å². The van der Waals surface area contributed by atoms with Crippen LogP contribution < -0.4 is 0 Å². The van der Waals surface area contributed by atoms with Crippen molar-refractivity contribution in [3.8, 4) is 0 Å². The molecule has 0 unspecified atom stereocenters. The molecule has 4 rings (SSSR count). The highest BCUT2D eigenvalue weighted by atomic mass is 32.2. The number of amides is 1. The number of esters is 1. The first-order valence-corrected chi connectivity index (χ1v) is 12.3. The Hall–Kier alpha value is -2.83. The van der Waals surface area contributed by atoms with E-state index in [1.807, 2.05) is 11.5 Å². The maximum absolute atomic E-state index is 13.0. The molecule has 0 radical (unpaired) electrons. The fourth-order valence-electron chi connectivity index (χ4n) is 3.87. The van der Waals surface area contributed by atoms with Crippen LogP contribution in [-0.2, 0) is 42.2 Å². The summed E-state index contributed by atoms with van der Waals surface area (Å²) in [7, 11) is -2.15. The molecule has 1 fully saturated rings. The van der Waals surface area contributed by atoms with Crippen molar-refractivity contribution in [1.29, 1.82) is 0 Å². The number of sulfonamides is 1. The SMILES string of the molecule is CCCn1c(COC(=O)C2=NN(C)C(=O)CC2)nc2cc(S(=O)(=O)N3CCOCC3)ccc21. The molecule has 0 bridgehead atoms. The maximum atomic E-state index is 13.0. The summed E-state index contributed by atoms with van der Waals surface area (Å²) < 4.78 is 40.0. The van der Waals surface area contributed by atoms with Crippen molar-refractivity contribution < 1.29 is 27.5 Å². The van der Waals surface area contributed by atoms with Crippen molar-refractivity contribution in [2.24, 2.45) is 5.10 Å². The van der Waals surface area contributed by atoms with Crippen LogP contribution in [-0.4, -0.2) is 78.2 Å². The predicted octanol–water partition coefficient (Wildman–Crippen LogP) is 1.12. The van der Waals surface area contributed by atoms with E-state index in [0.717, 1.165) is 16.9 Å². The summed E-state index contributed by atoms with van der Waals surface area (Å²) >= 11 is 0. The van der Waals surface area contributed by atoms with Crippen LogP contribution in [0.5, 0.6) is 0 Å². The lowest BCUT2D eigenvalue weighted by Gasteiger charge is -2.26. The maximum Gasteiger partial charge on any atom is 0.354 e. The number of rotatable bonds is 7. The van der Waals surface area contributed by atoms with E-state index in [1.165, 1.54) is 11.4 Å². The monoisotopic (exact) mass is 477 g/mol. The first-order chi connectivity index (χ1) is 15.8. The summed E-state index contributed by atoms with van der Waals surface area (Å²) in [5.74, 6) is -0.235. The Morgan fingerprint density at radius 1 is 1.21 bits per heavy atom. The smallest absolute Gasteiger partial charge is 0.354 e. The van der Waals surface area contributed by atoms with E-state index in [4.69, 9.17) is 9.47 Å². The average Bonchev–Trinajstić information content (AvgIpc) is 3.16. The van der Waals surface area contributed by atoms with Gasteiger partial charge in [0.25, 0.3) is 0 Å². The normalized spacial score (nSPS) is 17.9. The van der Waals surface area contributed by atoms with Crippen LogP contribution >= 0.6 is 0 Å². The van der Waals surface area contributed by atoms with Crippen LogP contribution in [0.15, 0.2) is 28.2 Å². The van der Waals surface area contributed by atoms with Gasteiger partial charge in [0.2, 0.25) is 15.9 Å². The molecule has 0 N–H and O–H groups in total. The standard InChI is InChI=1S/C21H27N5O6S/c1-3-8-26-18-6-4-15(33(29,30)25-9-11-31-12-10-25)13-17(18)22-19(26)14-32-21(28)16-5-7-20(27)24(2)23-16/h4,6,13H,3,5,7-12,14H2,1-2H3. The molecule has 11 nitrogen and oxygen atoms in total. The molecule has 0 spiro atoms. The Labute approximate surface area is 192 Å². The Kier molecular flexibility index (Phi) is 6.77. The van der Waals surface area contributed by atoms with Gasteiger partial charge in [-0.3, -0.25) is 4.79 Å². The first-order valence-electron chi connectivity index (χ1n) is 10.9. The molecule has 12 heteroatoms. The second-order valence-electron chi connectivity index (χ2n) is 7.89. The quantitative estimate of drug-likeness (QED) is 0.548. The van der Waals surface area contributed by atoms with Gasteiger partial charge in [-0.25, -0.2) is 23.2 Å². The molecule has 1 amide bonds. The fraction of sp³-hybridized carbons (Fsp3) is 0.524. The minimum absolute atomic E-state index is 0.0876. The average molecular weight is 478 g/mol. The number of hydrazone groups is 1. The summed E-state index contributed by atoms with van der Waals surface area (Å²) in [6.07, 6.45) is 1.26. The molecule has 2 aromatic rings. The van der Waals surface area contributed by atoms with Crippen molar-refractivity contribution in [2.45, 2.75) is 44.2 Å². The first kappa shape index (κ1) is 23.3. The topological polar surface area (TPSA) is 123 Å². The number of benzene rings is 1. The van der Waals surface area contributed by atoms with Gasteiger partial charge in [0.15, 0.2) is 0 Å². The van der Waals surface area contributed by atoms with E-state index < -0.39 is 16.0 Å². The molecule has 1 aromatic carbocycles. The molecule has 3 heterocycles. The van der Waals surface area contributed by atoms with Gasteiger partial charge in [-0.2, -0.15) is 9.41 Å². The third kappa shape index (κ3) is 4.77. The Morgan fingerprint density at radius 2 is 1.97 bits per heavy atom. The van der Waals surface area contributed by atoms with Gasteiger partial charge in [-0.05, 0) is 24.6 Å². The number of carbonyl (C=O) groups excluding carboxylic acids is 2. The van der Waals surface area contributed by atoms with Gasteiger partial charge in [0, 0.05) is 39.5 Å². The van der Waals surface area contributed by atoms with Crippen LogP contribution in [0, 0.1) is 0 Å². The lowest BCUT2D eigenvalue weighted by atomic mass is 10.2. The van der Waals surface area contributed by atoms with Gasteiger partial charge in [0.05, 0.1) is 29.1 Å². The number of imidazole rings is 1. The van der Waals surface area contributed by atoms with Crippen LogP contribution in [0.1, 0.15) is 32.0 Å². The van der Waals surface area contributed by atoms with Crippen LogP contribution in [0.25, 0.3) is 11.0 Å². The highest BCUT2D eigenvalue weighted by molar-refractivity contribution is 7.89. The molecule has 0 aliphatic carbocycles. The molecule has 2 aliphatic heterocycles. The lowest BCUT2D eigenvalue weighted by molar-refractivity contribution is -0.137. The predicted molar refractivity (Wildman–Crippen MR) is 119 cm³/mol. The summed E-state index contributed by atoms with van der Waals surface area (Å²) in [4.78, 5) is 28.7. The zero-order valence-corrected chi connectivity index (χ0v) is 19.5. The van der Waals surface area contributed by atoms with Crippen LogP contribution in [0.3, 0.4) is 0 Å². The fourth-order valence-corrected chi connectivity index (χ4v) is 5.30. The molecule has 0 atom stereocenters. The van der Waals surface area contributed by atoms with Crippen molar-refractivity contribution in [1.82, 2.24) is 18.9 Å². The van der Waals surface area contributed by atoms with Gasteiger partial charge >= 0.3 is 5.97 Å². The highest BCUT2D eigenvalue weighted by Gasteiger charge is 2.28. The summed E-state index contributed by atoms with van der Waals surface area (Å²) in [6.45, 7) is 3.94. The number of ether oxygens (including phenoxy) is 2. The lowest BCUT2D eigenvalue weighted by Crippen LogP contribution is -2.40. The summed E-state index contributed by atoms with van der Waals surface area (Å²) in [6, 6.07) is 4.88. The molecule has 1 aromatic heterocycles. The second-order valence-corrected chi connectivity index (χ2v) is 9.82. The van der Waals surface area contributed by atoms with Gasteiger partial charge in [-0.1, -0.05) is 6.92 Å². The minimum atomic E-state index is -3.65. The third-order valence-electron chi connectivity index (χ3n) is 5.63. The van der Waals surface area contributed by atoms with E-state index >= 15 is 0 Å². The molecular weight excluding hydrogens is 450 g/mol. The van der Waals surface area contributed by atoms with Gasteiger partial charge in [-0.15, -0.1) is 0 Å². The summed E-state index contributed by atoms with van der Waals surface area (Å²) in [5.41, 5.74) is 1.47.